The number of aliphatic carboxylic acids is 2. The molecule has 0 aliphatic carbocycles. The first kappa shape index (κ1) is 37.4. The van der Waals surface area contributed by atoms with Gasteiger partial charge in [0.05, 0.1) is 12.2 Å². The van der Waals surface area contributed by atoms with E-state index < -0.39 is 30.9 Å². The summed E-state index contributed by atoms with van der Waals surface area (Å²) in [4.78, 5) is 36.7. The minimum Gasteiger partial charge on any atom is -0.508 e. The minimum absolute atomic E-state index is 0.00197. The summed E-state index contributed by atoms with van der Waals surface area (Å²) in [6.45, 7) is 1.20. The Morgan fingerprint density at radius 3 is 1.71 bits per heavy atom. The van der Waals surface area contributed by atoms with Crippen molar-refractivity contribution in [2.45, 2.75) is 116 Å². The Labute approximate surface area is 268 Å². The van der Waals surface area contributed by atoms with E-state index in [4.69, 9.17) is 9.47 Å². The molecule has 9 heteroatoms. The number of unbranched alkanes of at least 4 members (excludes halogenated alkanes) is 15. The standard InChI is InChI=1S/C36H53NO8/c1-2-3-4-5-6-7-8-9-10-11-12-13-14-15-16-17-23-44-31-21-22-33(45-28-29-19-18-20-30(38)24-29)32(25-31)36(43)37(26-34(39)40)27-35(41)42/h18-22,24-25,38H,2-17,23,26-28H2,1H3,(H,39,40)(H,41,42). The van der Waals surface area contributed by atoms with Gasteiger partial charge in [-0.15, -0.1) is 0 Å². The van der Waals surface area contributed by atoms with Crippen molar-refractivity contribution in [3.8, 4) is 17.2 Å². The first-order valence-electron chi connectivity index (χ1n) is 16.7. The van der Waals surface area contributed by atoms with Crippen molar-refractivity contribution in [1.82, 2.24) is 4.90 Å². The number of nitrogens with zero attached hydrogens (tertiary/aromatic N) is 1. The molecule has 2 aromatic rings. The van der Waals surface area contributed by atoms with Gasteiger partial charge in [0.25, 0.3) is 5.91 Å². The van der Waals surface area contributed by atoms with E-state index in [1.165, 1.54) is 102 Å². The highest BCUT2D eigenvalue weighted by Crippen LogP contribution is 2.27. The molecule has 3 N–H and O–H groups in total. The van der Waals surface area contributed by atoms with Crippen molar-refractivity contribution in [2.75, 3.05) is 19.7 Å². The summed E-state index contributed by atoms with van der Waals surface area (Å²) < 4.78 is 11.7. The number of amides is 1. The normalized spacial score (nSPS) is 10.9. The summed E-state index contributed by atoms with van der Waals surface area (Å²) in [6.07, 6.45) is 20.5. The van der Waals surface area contributed by atoms with Crippen LogP contribution in [-0.4, -0.2) is 57.8 Å². The van der Waals surface area contributed by atoms with E-state index in [1.54, 1.807) is 24.3 Å². The van der Waals surface area contributed by atoms with Crippen molar-refractivity contribution in [3.63, 3.8) is 0 Å². The molecule has 0 unspecified atom stereocenters. The predicted octanol–water partition coefficient (Wildman–Crippen LogP) is 8.22. The van der Waals surface area contributed by atoms with Crippen LogP contribution in [0.15, 0.2) is 42.5 Å². The van der Waals surface area contributed by atoms with Crippen molar-refractivity contribution >= 4 is 17.8 Å². The number of aromatic hydroxyl groups is 1. The van der Waals surface area contributed by atoms with Crippen LogP contribution < -0.4 is 9.47 Å². The fraction of sp³-hybridized carbons (Fsp3) is 0.583. The van der Waals surface area contributed by atoms with Crippen molar-refractivity contribution in [2.24, 2.45) is 0 Å². The Morgan fingerprint density at radius 2 is 1.20 bits per heavy atom. The molecule has 0 saturated carbocycles. The summed E-state index contributed by atoms with van der Waals surface area (Å²) in [7, 11) is 0. The van der Waals surface area contributed by atoms with Crippen LogP contribution in [0.4, 0.5) is 0 Å². The lowest BCUT2D eigenvalue weighted by Gasteiger charge is -2.21. The Kier molecular flexibility index (Phi) is 18.9. The molecule has 0 aliphatic heterocycles. The molecule has 250 valence electrons. The molecule has 0 fully saturated rings. The maximum absolute atomic E-state index is 13.3. The molecule has 0 bridgehead atoms. The fourth-order valence-electron chi connectivity index (χ4n) is 5.24. The third kappa shape index (κ3) is 16.8. The number of rotatable bonds is 26. The van der Waals surface area contributed by atoms with Crippen LogP contribution >= 0.6 is 0 Å². The lowest BCUT2D eigenvalue weighted by atomic mass is 10.0. The highest BCUT2D eigenvalue weighted by molar-refractivity contribution is 6.00. The fourth-order valence-corrected chi connectivity index (χ4v) is 5.24. The van der Waals surface area contributed by atoms with E-state index >= 15 is 0 Å². The SMILES string of the molecule is CCCCCCCCCCCCCCCCCCOc1ccc(OCc2cccc(O)c2)c(C(=O)N(CC(=O)O)CC(=O)O)c1. The number of benzene rings is 2. The molecule has 45 heavy (non-hydrogen) atoms. The lowest BCUT2D eigenvalue weighted by molar-refractivity contribution is -0.140. The summed E-state index contributed by atoms with van der Waals surface area (Å²) >= 11 is 0. The molecule has 2 aromatic carbocycles. The highest BCUT2D eigenvalue weighted by atomic mass is 16.5. The second-order valence-electron chi connectivity index (χ2n) is 11.7. The van der Waals surface area contributed by atoms with Crippen molar-refractivity contribution in [3.05, 3.63) is 53.6 Å². The zero-order chi connectivity index (χ0) is 32.7. The zero-order valence-corrected chi connectivity index (χ0v) is 27.0. The Hall–Kier alpha value is -3.75. The maximum atomic E-state index is 13.3. The number of hydrogen-bond acceptors (Lipinski definition) is 6. The van der Waals surface area contributed by atoms with Crippen LogP contribution in [0.1, 0.15) is 126 Å². The van der Waals surface area contributed by atoms with Crippen LogP contribution in [0.5, 0.6) is 17.2 Å². The smallest absolute Gasteiger partial charge is 0.323 e. The van der Waals surface area contributed by atoms with Crippen molar-refractivity contribution < 1.29 is 39.2 Å². The second-order valence-corrected chi connectivity index (χ2v) is 11.7. The van der Waals surface area contributed by atoms with Gasteiger partial charge >= 0.3 is 11.9 Å². The van der Waals surface area contributed by atoms with Gasteiger partial charge in [-0.05, 0) is 42.3 Å². The number of carboxylic acid groups (broad SMARTS) is 2. The van der Waals surface area contributed by atoms with Gasteiger partial charge in [0, 0.05) is 0 Å². The topological polar surface area (TPSA) is 134 Å². The average Bonchev–Trinajstić information content (AvgIpc) is 3.00. The summed E-state index contributed by atoms with van der Waals surface area (Å²) in [6, 6.07) is 11.1. The molecule has 1 amide bonds. The molecule has 0 atom stereocenters. The Morgan fingerprint density at radius 1 is 0.667 bits per heavy atom. The summed E-state index contributed by atoms with van der Waals surface area (Å²) in [5.74, 6) is -2.82. The number of carbonyl (C=O) groups is 3. The quantitative estimate of drug-likeness (QED) is 0.0889. The van der Waals surface area contributed by atoms with Crippen LogP contribution in [0, 0.1) is 0 Å². The van der Waals surface area contributed by atoms with E-state index in [-0.39, 0.29) is 23.7 Å². The molecular weight excluding hydrogens is 574 g/mol. The first-order valence-corrected chi connectivity index (χ1v) is 16.7. The molecule has 0 aliphatic rings. The van der Waals surface area contributed by atoms with Gasteiger partial charge in [-0.1, -0.05) is 115 Å². The molecule has 0 radical (unpaired) electrons. The number of ether oxygens (including phenoxy) is 2. The number of phenols is 1. The third-order valence-corrected chi connectivity index (χ3v) is 7.69. The van der Waals surface area contributed by atoms with Gasteiger partial charge in [-0.25, -0.2) is 0 Å². The van der Waals surface area contributed by atoms with Crippen LogP contribution in [0.25, 0.3) is 0 Å². The van der Waals surface area contributed by atoms with Gasteiger partial charge in [-0.2, -0.15) is 0 Å². The van der Waals surface area contributed by atoms with Gasteiger partial charge < -0.3 is 29.7 Å². The summed E-state index contributed by atoms with van der Waals surface area (Å²) in [5, 5.41) is 28.2. The largest absolute Gasteiger partial charge is 0.508 e. The van der Waals surface area contributed by atoms with Crippen LogP contribution in [-0.2, 0) is 16.2 Å². The van der Waals surface area contributed by atoms with Crippen molar-refractivity contribution in [1.29, 1.82) is 0 Å². The molecule has 0 heterocycles. The number of carbonyl (C=O) groups excluding carboxylic acids is 1. The van der Waals surface area contributed by atoms with E-state index in [9.17, 15) is 29.7 Å². The number of hydrogen-bond donors (Lipinski definition) is 3. The maximum Gasteiger partial charge on any atom is 0.323 e. The monoisotopic (exact) mass is 627 g/mol. The highest BCUT2D eigenvalue weighted by Gasteiger charge is 2.25. The van der Waals surface area contributed by atoms with E-state index in [1.807, 2.05) is 0 Å². The van der Waals surface area contributed by atoms with Gasteiger partial charge in [0.1, 0.15) is 36.9 Å². The Balaban J connectivity index is 1.78. The zero-order valence-electron chi connectivity index (χ0n) is 27.0. The molecule has 0 spiro atoms. The average molecular weight is 628 g/mol. The summed E-state index contributed by atoms with van der Waals surface area (Å²) in [5.41, 5.74) is 0.660. The van der Waals surface area contributed by atoms with Gasteiger partial charge in [-0.3, -0.25) is 14.4 Å². The van der Waals surface area contributed by atoms with E-state index in [0.29, 0.717) is 17.9 Å². The predicted molar refractivity (Wildman–Crippen MR) is 175 cm³/mol. The molecule has 9 nitrogen and oxygen atoms in total. The second kappa shape index (κ2) is 22.7. The Bertz CT molecular complexity index is 1140. The third-order valence-electron chi connectivity index (χ3n) is 7.69. The van der Waals surface area contributed by atoms with Crippen LogP contribution in [0.2, 0.25) is 0 Å². The van der Waals surface area contributed by atoms with E-state index in [0.717, 1.165) is 24.2 Å². The van der Waals surface area contributed by atoms with Gasteiger partial charge in [0.15, 0.2) is 0 Å². The lowest BCUT2D eigenvalue weighted by Crippen LogP contribution is -2.39. The first-order chi connectivity index (χ1) is 21.8. The number of carboxylic acids is 2. The van der Waals surface area contributed by atoms with Crippen LogP contribution in [0.3, 0.4) is 0 Å². The molecule has 2 rings (SSSR count). The minimum atomic E-state index is -1.33. The van der Waals surface area contributed by atoms with E-state index in [2.05, 4.69) is 6.92 Å². The molecular formula is C36H53NO8. The number of phenolic OH excluding ortho intramolecular Hbond substituents is 1. The molecule has 0 aromatic heterocycles. The molecule has 0 saturated heterocycles. The van der Waals surface area contributed by atoms with Gasteiger partial charge in [0.2, 0.25) is 0 Å².